The summed E-state index contributed by atoms with van der Waals surface area (Å²) in [6.07, 6.45) is 10.2. The zero-order chi connectivity index (χ0) is 17.4. The van der Waals surface area contributed by atoms with Crippen LogP contribution < -0.4 is 0 Å². The van der Waals surface area contributed by atoms with Gasteiger partial charge >= 0.3 is 0 Å². The molecule has 0 aliphatic carbocycles. The Bertz CT molecular complexity index is 524. The largest absolute Gasteiger partial charge is 0.334 e. The number of hydrogen-bond donors (Lipinski definition) is 0. The molecule has 0 bridgehead atoms. The van der Waals surface area contributed by atoms with E-state index in [9.17, 15) is 4.79 Å². The number of allylic oxidation sites excluding steroid dienone is 2. The van der Waals surface area contributed by atoms with Crippen molar-refractivity contribution in [3.63, 3.8) is 0 Å². The second-order valence-corrected chi connectivity index (χ2v) is 6.63. The van der Waals surface area contributed by atoms with Gasteiger partial charge in [0.1, 0.15) is 0 Å². The number of nitrogens with zero attached hydrogens (tertiary/aromatic N) is 2. The number of rotatable bonds is 8. The van der Waals surface area contributed by atoms with Crippen LogP contribution >= 0.6 is 0 Å². The van der Waals surface area contributed by atoms with E-state index in [1.807, 2.05) is 17.2 Å². The van der Waals surface area contributed by atoms with E-state index in [1.165, 1.54) is 5.57 Å². The Balaban J connectivity index is 3.14. The number of amides is 1. The average molecular weight is 316 g/mol. The minimum atomic E-state index is 0.0655. The lowest BCUT2D eigenvalue weighted by atomic mass is 9.99. The van der Waals surface area contributed by atoms with E-state index in [0.717, 1.165) is 31.2 Å². The van der Waals surface area contributed by atoms with Gasteiger partial charge in [-0.2, -0.15) is 0 Å². The highest BCUT2D eigenvalue weighted by Crippen LogP contribution is 2.22. The van der Waals surface area contributed by atoms with Crippen molar-refractivity contribution < 1.29 is 4.79 Å². The third-order valence-electron chi connectivity index (χ3n) is 3.90. The minimum Gasteiger partial charge on any atom is -0.334 e. The fourth-order valence-electron chi connectivity index (χ4n) is 2.90. The molecular formula is C20H32N2O. The molecule has 0 fully saturated rings. The maximum absolute atomic E-state index is 12.8. The lowest BCUT2D eigenvalue weighted by molar-refractivity contribution is 0.0643. The molecule has 0 spiro atoms. The molecule has 1 heterocycles. The molecule has 0 aromatic carbocycles. The zero-order valence-electron chi connectivity index (χ0n) is 15.6. The van der Waals surface area contributed by atoms with Crippen molar-refractivity contribution in [1.82, 2.24) is 9.88 Å². The second-order valence-electron chi connectivity index (χ2n) is 6.63. The zero-order valence-corrected chi connectivity index (χ0v) is 15.6. The Morgan fingerprint density at radius 3 is 2.22 bits per heavy atom. The van der Waals surface area contributed by atoms with Gasteiger partial charge < -0.3 is 4.90 Å². The van der Waals surface area contributed by atoms with Crippen LogP contribution in [0.5, 0.6) is 0 Å². The third kappa shape index (κ3) is 5.49. The topological polar surface area (TPSA) is 33.2 Å². The van der Waals surface area contributed by atoms with E-state index in [-0.39, 0.29) is 18.0 Å². The van der Waals surface area contributed by atoms with Crippen LogP contribution in [0.1, 0.15) is 83.1 Å². The maximum atomic E-state index is 12.8. The van der Waals surface area contributed by atoms with Gasteiger partial charge in [-0.05, 0) is 57.7 Å². The summed E-state index contributed by atoms with van der Waals surface area (Å²) in [5, 5.41) is 0. The van der Waals surface area contributed by atoms with Gasteiger partial charge in [0.15, 0.2) is 0 Å². The summed E-state index contributed by atoms with van der Waals surface area (Å²) in [6, 6.07) is 2.36. The number of unbranched alkanes of at least 4 members (excludes halogenated alkanes) is 1. The first kappa shape index (κ1) is 19.4. The molecule has 0 aliphatic heterocycles. The Morgan fingerprint density at radius 1 is 1.09 bits per heavy atom. The summed E-state index contributed by atoms with van der Waals surface area (Å²) in [5.74, 6) is 0.0655. The van der Waals surface area contributed by atoms with Crippen LogP contribution in [0.4, 0.5) is 0 Å². The maximum Gasteiger partial charge on any atom is 0.255 e. The first-order chi connectivity index (χ1) is 10.9. The van der Waals surface area contributed by atoms with Crippen LogP contribution in [0, 0.1) is 0 Å². The first-order valence-electron chi connectivity index (χ1n) is 8.89. The molecule has 3 nitrogen and oxygen atoms in total. The molecule has 1 rings (SSSR count). The molecule has 0 radical (unpaired) electrons. The molecule has 0 aliphatic rings. The SMILES string of the molecule is CCC/C=C(\CCC)c1cncc(C(=O)N(C(C)C)C(C)C)c1. The van der Waals surface area contributed by atoms with Crippen molar-refractivity contribution in [2.75, 3.05) is 0 Å². The quantitative estimate of drug-likeness (QED) is 0.650. The standard InChI is InChI=1S/C20H32N2O/c1-7-9-11-17(10-8-2)18-12-19(14-21-13-18)20(23)22(15(3)4)16(5)6/h11-16H,7-10H2,1-6H3/b17-11+. The molecule has 1 aromatic rings. The van der Waals surface area contributed by atoms with Crippen molar-refractivity contribution in [3.8, 4) is 0 Å². The molecule has 3 heteroatoms. The Morgan fingerprint density at radius 2 is 1.70 bits per heavy atom. The molecule has 128 valence electrons. The van der Waals surface area contributed by atoms with Crippen molar-refractivity contribution in [2.45, 2.75) is 79.3 Å². The van der Waals surface area contributed by atoms with E-state index < -0.39 is 0 Å². The molecule has 0 saturated carbocycles. The predicted molar refractivity (Wildman–Crippen MR) is 98.5 cm³/mol. The normalized spacial score (nSPS) is 12.1. The molecule has 1 aromatic heterocycles. The Kier molecular flexibility index (Phi) is 8.01. The summed E-state index contributed by atoms with van der Waals surface area (Å²) in [4.78, 5) is 19.1. The molecule has 0 saturated heterocycles. The second kappa shape index (κ2) is 9.49. The highest BCUT2D eigenvalue weighted by atomic mass is 16.2. The molecule has 1 amide bonds. The van der Waals surface area contributed by atoms with Crippen molar-refractivity contribution >= 4 is 11.5 Å². The molecule has 0 N–H and O–H groups in total. The highest BCUT2D eigenvalue weighted by Gasteiger charge is 2.22. The van der Waals surface area contributed by atoms with Crippen molar-refractivity contribution in [1.29, 1.82) is 0 Å². The fourth-order valence-corrected chi connectivity index (χ4v) is 2.90. The van der Waals surface area contributed by atoms with Gasteiger partial charge in [-0.1, -0.05) is 32.8 Å². The molecule has 0 atom stereocenters. The first-order valence-corrected chi connectivity index (χ1v) is 8.89. The van der Waals surface area contributed by atoms with Crippen LogP contribution in [0.15, 0.2) is 24.5 Å². The smallest absolute Gasteiger partial charge is 0.255 e. The lowest BCUT2D eigenvalue weighted by Crippen LogP contribution is -2.42. The van der Waals surface area contributed by atoms with E-state index in [2.05, 4.69) is 52.6 Å². The lowest BCUT2D eigenvalue weighted by Gasteiger charge is -2.30. The summed E-state index contributed by atoms with van der Waals surface area (Å²) in [7, 11) is 0. The number of carbonyl (C=O) groups excluding carboxylic acids is 1. The van der Waals surface area contributed by atoms with E-state index in [1.54, 1.807) is 6.20 Å². The molecular weight excluding hydrogens is 284 g/mol. The van der Waals surface area contributed by atoms with Gasteiger partial charge in [0.05, 0.1) is 5.56 Å². The van der Waals surface area contributed by atoms with Gasteiger partial charge in [-0.25, -0.2) is 0 Å². The number of aromatic nitrogens is 1. The molecule has 0 unspecified atom stereocenters. The monoisotopic (exact) mass is 316 g/mol. The predicted octanol–water partition coefficient (Wildman–Crippen LogP) is 5.32. The van der Waals surface area contributed by atoms with Gasteiger partial charge in [-0.3, -0.25) is 9.78 Å². The number of hydrogen-bond acceptors (Lipinski definition) is 2. The van der Waals surface area contributed by atoms with Gasteiger partial charge in [0.25, 0.3) is 5.91 Å². The third-order valence-corrected chi connectivity index (χ3v) is 3.90. The van der Waals surface area contributed by atoms with E-state index in [4.69, 9.17) is 0 Å². The number of pyridine rings is 1. The average Bonchev–Trinajstić information content (AvgIpc) is 2.50. The summed E-state index contributed by atoms with van der Waals surface area (Å²) < 4.78 is 0. The summed E-state index contributed by atoms with van der Waals surface area (Å²) in [6.45, 7) is 12.6. The highest BCUT2D eigenvalue weighted by molar-refractivity contribution is 5.95. The van der Waals surface area contributed by atoms with Crippen LogP contribution in [0.3, 0.4) is 0 Å². The van der Waals surface area contributed by atoms with Crippen LogP contribution in [-0.2, 0) is 0 Å². The van der Waals surface area contributed by atoms with Crippen LogP contribution in [-0.4, -0.2) is 27.9 Å². The van der Waals surface area contributed by atoms with Gasteiger partial charge in [-0.15, -0.1) is 0 Å². The fraction of sp³-hybridized carbons (Fsp3) is 0.600. The summed E-state index contributed by atoms with van der Waals surface area (Å²) in [5.41, 5.74) is 3.07. The number of carbonyl (C=O) groups is 1. The van der Waals surface area contributed by atoms with Crippen molar-refractivity contribution in [3.05, 3.63) is 35.7 Å². The molecule has 23 heavy (non-hydrogen) atoms. The Labute approximate surface area is 141 Å². The van der Waals surface area contributed by atoms with E-state index >= 15 is 0 Å². The Hall–Kier alpha value is -1.64. The van der Waals surface area contributed by atoms with Crippen LogP contribution in [0.2, 0.25) is 0 Å². The van der Waals surface area contributed by atoms with Crippen molar-refractivity contribution in [2.24, 2.45) is 0 Å². The van der Waals surface area contributed by atoms with Crippen LogP contribution in [0.25, 0.3) is 5.57 Å². The van der Waals surface area contributed by atoms with E-state index in [0.29, 0.717) is 5.56 Å². The summed E-state index contributed by atoms with van der Waals surface area (Å²) >= 11 is 0. The van der Waals surface area contributed by atoms with Gasteiger partial charge in [0.2, 0.25) is 0 Å². The minimum absolute atomic E-state index is 0.0655. The van der Waals surface area contributed by atoms with Gasteiger partial charge in [0, 0.05) is 24.5 Å².